The third-order valence-corrected chi connectivity index (χ3v) is 7.14. The van der Waals surface area contributed by atoms with Crippen LogP contribution in [0.3, 0.4) is 0 Å². The molecule has 2 aliphatic rings. The first-order chi connectivity index (χ1) is 14.5. The predicted octanol–water partition coefficient (Wildman–Crippen LogP) is 5.84. The molecule has 1 spiro atoms. The molecule has 2 aromatic carbocycles. The van der Waals surface area contributed by atoms with Crippen LogP contribution >= 0.6 is 11.8 Å². The Kier molecular flexibility index (Phi) is 7.73. The van der Waals surface area contributed by atoms with E-state index < -0.39 is 0 Å². The second-order valence-electron chi connectivity index (χ2n) is 7.84. The second-order valence-corrected chi connectivity index (χ2v) is 9.11. The monoisotopic (exact) mass is 425 g/mol. The number of halogens is 1. The van der Waals surface area contributed by atoms with Crippen molar-refractivity contribution in [2.45, 2.75) is 43.9 Å². The van der Waals surface area contributed by atoms with E-state index in [9.17, 15) is 4.39 Å². The third kappa shape index (κ3) is 4.79. The Balaban J connectivity index is 0.000000318. The summed E-state index contributed by atoms with van der Waals surface area (Å²) in [5.41, 5.74) is 4.38. The van der Waals surface area contributed by atoms with Gasteiger partial charge in [-0.3, -0.25) is 5.01 Å². The quantitative estimate of drug-likeness (QED) is 0.482. The van der Waals surface area contributed by atoms with E-state index in [2.05, 4.69) is 36.2 Å². The fourth-order valence-electron chi connectivity index (χ4n) is 4.01. The number of allylic oxidation sites excluding steroid dienone is 1. The molecule has 5 heteroatoms. The maximum Gasteiger partial charge on any atom is 0.134 e. The zero-order valence-corrected chi connectivity index (χ0v) is 19.1. The summed E-state index contributed by atoms with van der Waals surface area (Å²) in [6.07, 6.45) is 7.55. The van der Waals surface area contributed by atoms with E-state index >= 15 is 0 Å². The van der Waals surface area contributed by atoms with Crippen molar-refractivity contribution >= 4 is 16.8 Å². The summed E-state index contributed by atoms with van der Waals surface area (Å²) >= 11 is 1.70. The number of rotatable bonds is 5. The number of hydrogen-bond acceptors (Lipinski definition) is 4. The molecule has 0 bridgehead atoms. The number of hydrazone groups is 1. The minimum absolute atomic E-state index is 0.194. The molecule has 30 heavy (non-hydrogen) atoms. The molecule has 1 heterocycles. The number of aryl methyl sites for hydroxylation is 2. The number of benzene rings is 2. The number of hydrogen-bond donors (Lipinski definition) is 1. The van der Waals surface area contributed by atoms with Gasteiger partial charge in [0, 0.05) is 12.6 Å². The van der Waals surface area contributed by atoms with E-state index in [0.717, 1.165) is 42.8 Å². The van der Waals surface area contributed by atoms with Crippen LogP contribution in [0.5, 0.6) is 0 Å². The van der Waals surface area contributed by atoms with Crippen molar-refractivity contribution in [1.82, 2.24) is 10.3 Å². The highest BCUT2D eigenvalue weighted by Crippen LogP contribution is 2.52. The summed E-state index contributed by atoms with van der Waals surface area (Å²) in [6.45, 7) is 6.69. The smallest absolute Gasteiger partial charge is 0.134 e. The molecule has 0 fully saturated rings. The number of nitrogens with zero attached hydrogens (tertiary/aromatic N) is 2. The minimum atomic E-state index is -0.198. The molecule has 0 radical (unpaired) electrons. The van der Waals surface area contributed by atoms with Crippen LogP contribution in [0, 0.1) is 12.7 Å². The highest BCUT2D eigenvalue weighted by molar-refractivity contribution is 8.15. The molecule has 2 aromatic rings. The lowest BCUT2D eigenvalue weighted by molar-refractivity contribution is 0.204. The van der Waals surface area contributed by atoms with E-state index in [1.54, 1.807) is 17.8 Å². The third-order valence-electron chi connectivity index (χ3n) is 5.62. The molecule has 1 N–H and O–H groups in total. The van der Waals surface area contributed by atoms with Crippen LogP contribution in [0.4, 0.5) is 4.39 Å². The standard InChI is InChI=1S/C19H19FN2S.C6H13N/c1-13-9-10-17(20)15(12-13)18-21-22(2)19(23-18)11-5-7-14-6-3-4-8-16(14)19;1-3-4-5-6-7-2/h3-4,6,8-10,12H,5,7,11H2,1-2H3;3,7H,1,4-6H2,2H3. The first kappa shape index (κ1) is 22.6. The van der Waals surface area contributed by atoms with Crippen LogP contribution in [0.1, 0.15) is 47.9 Å². The Morgan fingerprint density at radius 1 is 1.30 bits per heavy atom. The van der Waals surface area contributed by atoms with E-state index in [4.69, 9.17) is 5.10 Å². The molecule has 1 aliphatic carbocycles. The van der Waals surface area contributed by atoms with Gasteiger partial charge in [0.15, 0.2) is 0 Å². The molecular formula is C25H32FN3S. The highest BCUT2D eigenvalue weighted by Gasteiger charge is 2.46. The number of nitrogens with one attached hydrogen (secondary N) is 1. The molecular weight excluding hydrogens is 393 g/mol. The summed E-state index contributed by atoms with van der Waals surface area (Å²) in [5.74, 6) is -0.198. The van der Waals surface area contributed by atoms with Gasteiger partial charge in [-0.05, 0) is 75.9 Å². The lowest BCUT2D eigenvalue weighted by atomic mass is 9.87. The minimum Gasteiger partial charge on any atom is -0.320 e. The molecule has 1 aliphatic heterocycles. The van der Waals surface area contributed by atoms with Crippen molar-refractivity contribution in [2.24, 2.45) is 5.10 Å². The fraction of sp³-hybridized carbons (Fsp3) is 0.400. The summed E-state index contributed by atoms with van der Waals surface area (Å²) in [6, 6.07) is 13.8. The lowest BCUT2D eigenvalue weighted by Crippen LogP contribution is -2.37. The Hall–Kier alpha value is -2.11. The summed E-state index contributed by atoms with van der Waals surface area (Å²) in [5, 5.41) is 10.6. The van der Waals surface area contributed by atoms with Crippen molar-refractivity contribution in [3.05, 3.63) is 83.2 Å². The zero-order chi connectivity index (χ0) is 21.6. The molecule has 0 saturated carbocycles. The Bertz CT molecular complexity index is 911. The Labute approximate surface area is 184 Å². The molecule has 0 amide bonds. The predicted molar refractivity (Wildman–Crippen MR) is 127 cm³/mol. The SMILES string of the molecule is C=CCCCNC.Cc1ccc(F)c(C2=NN(C)C3(CCCc4ccccc43)S2)c1. The molecule has 1 atom stereocenters. The second kappa shape index (κ2) is 10.3. The van der Waals surface area contributed by atoms with Crippen molar-refractivity contribution in [1.29, 1.82) is 0 Å². The van der Waals surface area contributed by atoms with Crippen molar-refractivity contribution < 1.29 is 4.39 Å². The van der Waals surface area contributed by atoms with Gasteiger partial charge in [-0.25, -0.2) is 4.39 Å². The van der Waals surface area contributed by atoms with Gasteiger partial charge in [0.1, 0.15) is 15.7 Å². The van der Waals surface area contributed by atoms with Gasteiger partial charge in [0.2, 0.25) is 0 Å². The van der Waals surface area contributed by atoms with Crippen LogP contribution in [0.2, 0.25) is 0 Å². The average molecular weight is 426 g/mol. The van der Waals surface area contributed by atoms with Crippen LogP contribution in [0.15, 0.2) is 60.2 Å². The van der Waals surface area contributed by atoms with Crippen molar-refractivity contribution in [3.63, 3.8) is 0 Å². The van der Waals surface area contributed by atoms with Gasteiger partial charge in [-0.15, -0.1) is 6.58 Å². The van der Waals surface area contributed by atoms with Crippen LogP contribution in [0.25, 0.3) is 0 Å². The van der Waals surface area contributed by atoms with Gasteiger partial charge >= 0.3 is 0 Å². The molecule has 160 valence electrons. The van der Waals surface area contributed by atoms with Crippen LogP contribution < -0.4 is 5.32 Å². The highest BCUT2D eigenvalue weighted by atomic mass is 32.2. The van der Waals surface area contributed by atoms with Gasteiger partial charge in [-0.2, -0.15) is 5.10 Å². The fourth-order valence-corrected chi connectivity index (χ4v) is 5.49. The summed E-state index contributed by atoms with van der Waals surface area (Å²) in [7, 11) is 3.97. The van der Waals surface area contributed by atoms with Crippen molar-refractivity contribution in [3.8, 4) is 0 Å². The summed E-state index contributed by atoms with van der Waals surface area (Å²) < 4.78 is 14.3. The topological polar surface area (TPSA) is 27.6 Å². The first-order valence-electron chi connectivity index (χ1n) is 10.6. The largest absolute Gasteiger partial charge is 0.320 e. The van der Waals surface area contributed by atoms with Gasteiger partial charge in [-0.1, -0.05) is 53.7 Å². The zero-order valence-electron chi connectivity index (χ0n) is 18.2. The number of thioether (sulfide) groups is 1. The van der Waals surface area contributed by atoms with Gasteiger partial charge < -0.3 is 5.32 Å². The van der Waals surface area contributed by atoms with Crippen LogP contribution in [-0.4, -0.2) is 30.7 Å². The Morgan fingerprint density at radius 3 is 2.87 bits per heavy atom. The molecule has 3 nitrogen and oxygen atoms in total. The van der Waals surface area contributed by atoms with Gasteiger partial charge in [0.25, 0.3) is 0 Å². The normalized spacial score (nSPS) is 19.7. The van der Waals surface area contributed by atoms with Crippen molar-refractivity contribution in [2.75, 3.05) is 20.6 Å². The lowest BCUT2D eigenvalue weighted by Gasteiger charge is -2.39. The van der Waals surface area contributed by atoms with E-state index in [1.807, 2.05) is 38.2 Å². The van der Waals surface area contributed by atoms with E-state index in [0.29, 0.717) is 5.56 Å². The number of fused-ring (bicyclic) bond motifs is 2. The maximum atomic E-state index is 14.3. The Morgan fingerprint density at radius 2 is 2.10 bits per heavy atom. The maximum absolute atomic E-state index is 14.3. The van der Waals surface area contributed by atoms with Gasteiger partial charge in [0.05, 0.1) is 0 Å². The number of unbranched alkanes of at least 4 members (excludes halogenated alkanes) is 1. The molecule has 0 aromatic heterocycles. The molecule has 1 unspecified atom stereocenters. The van der Waals surface area contributed by atoms with E-state index in [1.165, 1.54) is 23.6 Å². The van der Waals surface area contributed by atoms with E-state index in [-0.39, 0.29) is 10.7 Å². The molecule has 0 saturated heterocycles. The first-order valence-corrected chi connectivity index (χ1v) is 11.5. The van der Waals surface area contributed by atoms with Crippen LogP contribution in [-0.2, 0) is 11.3 Å². The summed E-state index contributed by atoms with van der Waals surface area (Å²) in [4.78, 5) is -0.194. The average Bonchev–Trinajstić information content (AvgIpc) is 3.07. The molecule has 4 rings (SSSR count).